The number of benzene rings is 1. The highest BCUT2D eigenvalue weighted by Crippen LogP contribution is 2.40. The number of hydrogen-bond acceptors (Lipinski definition) is 4. The molecule has 1 saturated heterocycles. The van der Waals surface area contributed by atoms with E-state index < -0.39 is 6.23 Å². The highest BCUT2D eigenvalue weighted by molar-refractivity contribution is 5.83. The molecule has 2 aromatic rings. The van der Waals surface area contributed by atoms with Gasteiger partial charge in [-0.15, -0.1) is 0 Å². The van der Waals surface area contributed by atoms with Crippen molar-refractivity contribution >= 4 is 16.9 Å². The van der Waals surface area contributed by atoms with Gasteiger partial charge in [0.25, 0.3) is 0 Å². The Bertz CT molecular complexity index is 787. The van der Waals surface area contributed by atoms with Crippen molar-refractivity contribution in [1.82, 2.24) is 9.88 Å². The fourth-order valence-electron chi connectivity index (χ4n) is 5.29. The van der Waals surface area contributed by atoms with Crippen LogP contribution in [0.5, 0.6) is 0 Å². The number of carbonyl (C=O) groups is 1. The molecule has 1 aliphatic heterocycles. The third-order valence-corrected chi connectivity index (χ3v) is 6.66. The summed E-state index contributed by atoms with van der Waals surface area (Å²) in [6.07, 6.45) is 8.45. The van der Waals surface area contributed by atoms with Crippen molar-refractivity contribution in [3.05, 3.63) is 36.0 Å². The van der Waals surface area contributed by atoms with Gasteiger partial charge in [0.2, 0.25) is 0 Å². The Morgan fingerprint density at radius 2 is 2.11 bits per heavy atom. The second-order valence-electron chi connectivity index (χ2n) is 8.05. The van der Waals surface area contributed by atoms with Crippen LogP contribution in [0.25, 0.3) is 10.9 Å². The predicted octanol–water partition coefficient (Wildman–Crippen LogP) is 3.47. The van der Waals surface area contributed by atoms with Gasteiger partial charge in [-0.1, -0.05) is 31.0 Å². The van der Waals surface area contributed by atoms with Crippen LogP contribution in [0.15, 0.2) is 30.5 Å². The van der Waals surface area contributed by atoms with Gasteiger partial charge in [-0.2, -0.15) is 0 Å². The van der Waals surface area contributed by atoms with E-state index in [9.17, 15) is 9.90 Å². The third kappa shape index (κ3) is 3.63. The van der Waals surface area contributed by atoms with Crippen molar-refractivity contribution < 1.29 is 14.6 Å². The fraction of sp³-hybridized carbons (Fsp3) is 0.591. The number of H-pyrrole nitrogens is 1. The van der Waals surface area contributed by atoms with E-state index in [1.807, 2.05) is 6.07 Å². The number of aryl methyl sites for hydroxylation is 1. The van der Waals surface area contributed by atoms with E-state index in [-0.39, 0.29) is 11.9 Å². The van der Waals surface area contributed by atoms with Crippen LogP contribution in [0.4, 0.5) is 0 Å². The van der Waals surface area contributed by atoms with Crippen LogP contribution in [0, 0.1) is 11.8 Å². The highest BCUT2D eigenvalue weighted by Gasteiger charge is 2.44. The summed E-state index contributed by atoms with van der Waals surface area (Å²) in [5.74, 6) is 0.250. The molecule has 5 nitrogen and oxygen atoms in total. The van der Waals surface area contributed by atoms with E-state index >= 15 is 0 Å². The lowest BCUT2D eigenvalue weighted by atomic mass is 9.71. The Balaban J connectivity index is 1.43. The fourth-order valence-corrected chi connectivity index (χ4v) is 5.29. The highest BCUT2D eigenvalue weighted by atomic mass is 16.5. The maximum atomic E-state index is 12.2. The maximum absolute atomic E-state index is 12.2. The summed E-state index contributed by atoms with van der Waals surface area (Å²) in [6.45, 7) is 0.774. The zero-order chi connectivity index (χ0) is 18.8. The van der Waals surface area contributed by atoms with Gasteiger partial charge in [0, 0.05) is 29.7 Å². The van der Waals surface area contributed by atoms with Gasteiger partial charge in [0.1, 0.15) is 6.23 Å². The Morgan fingerprint density at radius 1 is 1.30 bits per heavy atom. The van der Waals surface area contributed by atoms with Crippen molar-refractivity contribution in [2.75, 3.05) is 13.7 Å². The number of rotatable bonds is 5. The standard InChI is InChI=1S/C22H30N2O3/c1-27-22(26)18-12-13-24(20-9-5-3-7-17(18)20)21(25)11-10-15-14-23-19-8-4-2-6-16(15)19/h2,4,6,8,14,17-18,20-21,23,25H,3,5,7,9-13H2,1H3. The molecule has 2 fully saturated rings. The number of hydrogen-bond donors (Lipinski definition) is 2. The molecule has 4 rings (SSSR count). The Labute approximate surface area is 160 Å². The molecule has 2 aliphatic rings. The number of fused-ring (bicyclic) bond motifs is 2. The minimum Gasteiger partial charge on any atom is -0.469 e. The molecule has 1 saturated carbocycles. The number of ether oxygens (including phenoxy) is 1. The number of nitrogens with one attached hydrogen (secondary N) is 1. The van der Waals surface area contributed by atoms with Gasteiger partial charge in [-0.25, -0.2) is 0 Å². The SMILES string of the molecule is COC(=O)C1CCN(C(O)CCc2c[nH]c3ccccc23)C2CCCCC12. The quantitative estimate of drug-likeness (QED) is 0.791. The predicted molar refractivity (Wildman–Crippen MR) is 105 cm³/mol. The lowest BCUT2D eigenvalue weighted by Gasteiger charge is -2.48. The number of nitrogens with zero attached hydrogens (tertiary/aromatic N) is 1. The molecule has 146 valence electrons. The molecular weight excluding hydrogens is 340 g/mol. The molecule has 0 bridgehead atoms. The normalized spacial score (nSPS) is 27.3. The number of carbonyl (C=O) groups excluding carboxylic acids is 1. The van der Waals surface area contributed by atoms with Crippen molar-refractivity contribution in [3.63, 3.8) is 0 Å². The van der Waals surface area contributed by atoms with Crippen LogP contribution >= 0.6 is 0 Å². The molecule has 0 radical (unpaired) electrons. The van der Waals surface area contributed by atoms with Crippen molar-refractivity contribution in [2.45, 2.75) is 57.2 Å². The van der Waals surface area contributed by atoms with Gasteiger partial charge < -0.3 is 14.8 Å². The van der Waals surface area contributed by atoms with Gasteiger partial charge in [0.15, 0.2) is 0 Å². The first kappa shape index (κ1) is 18.5. The van der Waals surface area contributed by atoms with Crippen LogP contribution in [-0.4, -0.2) is 46.9 Å². The van der Waals surface area contributed by atoms with Gasteiger partial charge >= 0.3 is 5.97 Å². The molecule has 1 aliphatic carbocycles. The lowest BCUT2D eigenvalue weighted by Crippen LogP contribution is -2.56. The summed E-state index contributed by atoms with van der Waals surface area (Å²) in [5.41, 5.74) is 2.41. The number of para-hydroxylation sites is 1. The van der Waals surface area contributed by atoms with Gasteiger partial charge in [-0.05, 0) is 49.7 Å². The third-order valence-electron chi connectivity index (χ3n) is 6.66. The molecule has 4 unspecified atom stereocenters. The molecule has 5 heteroatoms. The van der Waals surface area contributed by atoms with Crippen molar-refractivity contribution in [2.24, 2.45) is 11.8 Å². The van der Waals surface area contributed by atoms with Crippen molar-refractivity contribution in [3.8, 4) is 0 Å². The molecule has 1 aromatic heterocycles. The first-order valence-corrected chi connectivity index (χ1v) is 10.3. The van der Waals surface area contributed by atoms with E-state index in [1.54, 1.807) is 0 Å². The van der Waals surface area contributed by atoms with E-state index in [4.69, 9.17) is 4.74 Å². The van der Waals surface area contributed by atoms with Crippen molar-refractivity contribution in [1.29, 1.82) is 0 Å². The molecule has 2 N–H and O–H groups in total. The summed E-state index contributed by atoms with van der Waals surface area (Å²) in [6, 6.07) is 8.60. The summed E-state index contributed by atoms with van der Waals surface area (Å²) < 4.78 is 5.05. The number of likely N-dealkylation sites (tertiary alicyclic amines) is 1. The molecule has 2 heterocycles. The number of esters is 1. The average Bonchev–Trinajstić information content (AvgIpc) is 3.13. The Morgan fingerprint density at radius 3 is 2.96 bits per heavy atom. The second-order valence-corrected chi connectivity index (χ2v) is 8.05. The van der Waals surface area contributed by atoms with E-state index in [0.29, 0.717) is 18.4 Å². The van der Waals surface area contributed by atoms with E-state index in [2.05, 4.69) is 34.3 Å². The first-order valence-electron chi connectivity index (χ1n) is 10.3. The Kier molecular flexibility index (Phi) is 5.50. The number of piperidine rings is 1. The number of methoxy groups -OCH3 is 1. The van der Waals surface area contributed by atoms with E-state index in [1.165, 1.54) is 30.9 Å². The number of aliphatic hydroxyl groups is 1. The number of aromatic nitrogens is 1. The van der Waals surface area contributed by atoms with Gasteiger partial charge in [-0.3, -0.25) is 9.69 Å². The summed E-state index contributed by atoms with van der Waals surface area (Å²) in [4.78, 5) is 17.8. The molecule has 0 amide bonds. The van der Waals surface area contributed by atoms with Crippen LogP contribution in [-0.2, 0) is 16.0 Å². The molecule has 27 heavy (non-hydrogen) atoms. The average molecular weight is 370 g/mol. The zero-order valence-corrected chi connectivity index (χ0v) is 16.1. The van der Waals surface area contributed by atoms with E-state index in [0.717, 1.165) is 37.7 Å². The molecule has 1 aromatic carbocycles. The largest absolute Gasteiger partial charge is 0.469 e. The summed E-state index contributed by atoms with van der Waals surface area (Å²) >= 11 is 0. The Hall–Kier alpha value is -1.85. The second kappa shape index (κ2) is 8.03. The number of aromatic amines is 1. The van der Waals surface area contributed by atoms with Crippen LogP contribution in [0.2, 0.25) is 0 Å². The van der Waals surface area contributed by atoms with Crippen LogP contribution in [0.1, 0.15) is 44.1 Å². The zero-order valence-electron chi connectivity index (χ0n) is 16.1. The number of aliphatic hydroxyl groups excluding tert-OH is 1. The maximum Gasteiger partial charge on any atom is 0.309 e. The monoisotopic (exact) mass is 370 g/mol. The molecular formula is C22H30N2O3. The minimum absolute atomic E-state index is 0.00244. The first-order chi connectivity index (χ1) is 13.2. The topological polar surface area (TPSA) is 65.6 Å². The van der Waals surface area contributed by atoms with Crippen LogP contribution in [0.3, 0.4) is 0 Å². The molecule has 4 atom stereocenters. The summed E-state index contributed by atoms with van der Waals surface area (Å²) in [5, 5.41) is 12.2. The smallest absolute Gasteiger partial charge is 0.309 e. The van der Waals surface area contributed by atoms with Crippen LogP contribution < -0.4 is 0 Å². The minimum atomic E-state index is -0.456. The lowest BCUT2D eigenvalue weighted by molar-refractivity contribution is -0.157. The molecule has 0 spiro atoms. The van der Waals surface area contributed by atoms with Gasteiger partial charge in [0.05, 0.1) is 13.0 Å². The summed E-state index contributed by atoms with van der Waals surface area (Å²) in [7, 11) is 1.49.